The summed E-state index contributed by atoms with van der Waals surface area (Å²) in [5.41, 5.74) is 6.38. The molecule has 0 aromatic carbocycles. The van der Waals surface area contributed by atoms with Crippen LogP contribution in [-0.4, -0.2) is 44.7 Å². The van der Waals surface area contributed by atoms with Crippen LogP contribution >= 0.6 is 23.1 Å². The minimum atomic E-state index is -0.845. The molecule has 1 fully saturated rings. The number of carbonyl (C=O) groups excluding carboxylic acids is 3. The highest BCUT2D eigenvalue weighted by Crippen LogP contribution is 2.36. The lowest BCUT2D eigenvalue weighted by atomic mass is 10.1. The second-order valence-corrected chi connectivity index (χ2v) is 6.70. The number of nitrogens with zero attached hydrogens (tertiary/aromatic N) is 2. The summed E-state index contributed by atoms with van der Waals surface area (Å²) in [5, 5.41) is 3.92. The van der Waals surface area contributed by atoms with E-state index in [0.29, 0.717) is 5.75 Å². The number of hydrogen-bond acceptors (Lipinski definition) is 7. The third-order valence-corrected chi connectivity index (χ3v) is 5.33. The molecule has 2 aliphatic heterocycles. The Kier molecular flexibility index (Phi) is 3.75. The van der Waals surface area contributed by atoms with Crippen LogP contribution in [0.5, 0.6) is 0 Å². The highest BCUT2D eigenvalue weighted by molar-refractivity contribution is 8.00. The van der Waals surface area contributed by atoms with Crippen molar-refractivity contribution in [1.82, 2.24) is 15.2 Å². The molecule has 2 amide bonds. The summed E-state index contributed by atoms with van der Waals surface area (Å²) in [7, 11) is 0. The van der Waals surface area contributed by atoms with Crippen molar-refractivity contribution >= 4 is 45.8 Å². The van der Waals surface area contributed by atoms with Crippen molar-refractivity contribution in [3.05, 3.63) is 35.5 Å². The monoisotopic (exact) mass is 336 g/mol. The molecule has 0 spiro atoms. The molecule has 2 atom stereocenters. The van der Waals surface area contributed by atoms with Crippen LogP contribution in [0.4, 0.5) is 5.13 Å². The summed E-state index contributed by atoms with van der Waals surface area (Å²) in [4.78, 5) is 41.2. The third kappa shape index (κ3) is 2.42. The minimum Gasteiger partial charge on any atom is -0.375 e. The van der Waals surface area contributed by atoms with E-state index >= 15 is 0 Å². The SMILES string of the molecule is C=CC1=CN2C(=O)C(NC(=O)C(=O)c3csc(N)n3)[C@@H]2SC1. The molecule has 0 radical (unpaired) electrons. The maximum absolute atomic E-state index is 12.0. The van der Waals surface area contributed by atoms with Crippen LogP contribution < -0.4 is 11.1 Å². The molecule has 1 aromatic heterocycles. The highest BCUT2D eigenvalue weighted by Gasteiger charge is 2.49. The third-order valence-electron chi connectivity index (χ3n) is 3.32. The van der Waals surface area contributed by atoms with Crippen molar-refractivity contribution in [2.75, 3.05) is 11.5 Å². The topological polar surface area (TPSA) is 105 Å². The Bertz CT molecular complexity index is 712. The normalized spacial score (nSPS) is 23.2. The fraction of sp³-hybridized carbons (Fsp3) is 0.231. The van der Waals surface area contributed by atoms with Crippen LogP contribution in [0.3, 0.4) is 0 Å². The maximum atomic E-state index is 12.0. The first-order valence-electron chi connectivity index (χ1n) is 6.34. The number of thiazole rings is 1. The summed E-state index contributed by atoms with van der Waals surface area (Å²) in [6.45, 7) is 3.67. The Hall–Kier alpha value is -2.13. The maximum Gasteiger partial charge on any atom is 0.294 e. The number of hydrogen-bond donors (Lipinski definition) is 2. The number of ketones is 1. The van der Waals surface area contributed by atoms with Crippen LogP contribution in [0.15, 0.2) is 29.8 Å². The quantitative estimate of drug-likeness (QED) is 0.468. The van der Waals surface area contributed by atoms with Crippen molar-refractivity contribution in [2.45, 2.75) is 11.4 Å². The van der Waals surface area contributed by atoms with Gasteiger partial charge in [0.05, 0.1) is 0 Å². The number of nitrogens with two attached hydrogens (primary N) is 1. The number of fused-ring (bicyclic) bond motifs is 1. The molecule has 1 saturated heterocycles. The van der Waals surface area contributed by atoms with E-state index in [1.165, 1.54) is 17.1 Å². The average molecular weight is 336 g/mol. The molecule has 1 aromatic rings. The number of thioether (sulfide) groups is 1. The van der Waals surface area contributed by atoms with Gasteiger partial charge in [0, 0.05) is 17.3 Å². The number of carbonyl (C=O) groups is 3. The zero-order valence-electron chi connectivity index (χ0n) is 11.3. The first-order chi connectivity index (χ1) is 10.5. The van der Waals surface area contributed by atoms with E-state index in [9.17, 15) is 14.4 Å². The first-order valence-corrected chi connectivity index (χ1v) is 8.27. The van der Waals surface area contributed by atoms with E-state index in [0.717, 1.165) is 16.9 Å². The lowest BCUT2D eigenvalue weighted by molar-refractivity contribution is -0.144. The minimum absolute atomic E-state index is 0.00577. The Morgan fingerprint density at radius 2 is 2.32 bits per heavy atom. The number of amides is 2. The number of allylic oxidation sites excluding steroid dienone is 1. The van der Waals surface area contributed by atoms with Gasteiger partial charge in [-0.15, -0.1) is 23.1 Å². The van der Waals surface area contributed by atoms with Crippen LogP contribution in [0.25, 0.3) is 0 Å². The van der Waals surface area contributed by atoms with Crippen LogP contribution in [0.1, 0.15) is 10.5 Å². The van der Waals surface area contributed by atoms with Gasteiger partial charge in [-0.1, -0.05) is 12.7 Å². The number of nitrogens with one attached hydrogen (secondary N) is 1. The molecule has 0 bridgehead atoms. The Labute approximate surface area is 134 Å². The molecule has 1 unspecified atom stereocenters. The smallest absolute Gasteiger partial charge is 0.294 e. The number of nitrogen functional groups attached to an aromatic ring is 1. The first kappa shape index (κ1) is 14.8. The predicted molar refractivity (Wildman–Crippen MR) is 84.2 cm³/mol. The fourth-order valence-corrected chi connectivity index (χ4v) is 3.96. The van der Waals surface area contributed by atoms with Gasteiger partial charge in [-0.3, -0.25) is 14.4 Å². The summed E-state index contributed by atoms with van der Waals surface area (Å²) in [6.07, 6.45) is 3.42. The number of anilines is 1. The molecule has 0 saturated carbocycles. The largest absolute Gasteiger partial charge is 0.375 e. The van der Waals surface area contributed by atoms with E-state index < -0.39 is 17.7 Å². The van der Waals surface area contributed by atoms with Crippen LogP contribution in [0.2, 0.25) is 0 Å². The van der Waals surface area contributed by atoms with Gasteiger partial charge in [0.15, 0.2) is 5.13 Å². The summed E-state index contributed by atoms with van der Waals surface area (Å²) in [5.74, 6) is -1.17. The molecule has 3 rings (SSSR count). The molecule has 3 heterocycles. The van der Waals surface area contributed by atoms with Crippen molar-refractivity contribution in [2.24, 2.45) is 0 Å². The van der Waals surface area contributed by atoms with Gasteiger partial charge in [-0.25, -0.2) is 4.98 Å². The van der Waals surface area contributed by atoms with Gasteiger partial charge < -0.3 is 16.0 Å². The lowest BCUT2D eigenvalue weighted by Crippen LogP contribution is -2.69. The van der Waals surface area contributed by atoms with E-state index in [1.54, 1.807) is 17.2 Å². The molecule has 114 valence electrons. The molecule has 3 N–H and O–H groups in total. The van der Waals surface area contributed by atoms with Crippen molar-refractivity contribution < 1.29 is 14.4 Å². The number of aromatic nitrogens is 1. The van der Waals surface area contributed by atoms with Crippen LogP contribution in [-0.2, 0) is 9.59 Å². The van der Waals surface area contributed by atoms with E-state index in [-0.39, 0.29) is 22.1 Å². The lowest BCUT2D eigenvalue weighted by Gasteiger charge is -2.47. The van der Waals surface area contributed by atoms with Crippen LogP contribution in [0, 0.1) is 0 Å². The summed E-state index contributed by atoms with van der Waals surface area (Å²) in [6, 6.07) is -0.694. The van der Waals surface area contributed by atoms with E-state index in [4.69, 9.17) is 5.73 Å². The Morgan fingerprint density at radius 3 is 2.95 bits per heavy atom. The molecule has 22 heavy (non-hydrogen) atoms. The highest BCUT2D eigenvalue weighted by atomic mass is 32.2. The molecular weight excluding hydrogens is 324 g/mol. The molecule has 2 aliphatic rings. The molecule has 0 aliphatic carbocycles. The van der Waals surface area contributed by atoms with Gasteiger partial charge >= 0.3 is 0 Å². The van der Waals surface area contributed by atoms with E-state index in [2.05, 4.69) is 16.9 Å². The van der Waals surface area contributed by atoms with Crippen molar-refractivity contribution in [1.29, 1.82) is 0 Å². The predicted octanol–water partition coefficient (Wildman–Crippen LogP) is 0.378. The van der Waals surface area contributed by atoms with Gasteiger partial charge in [0.2, 0.25) is 0 Å². The second kappa shape index (κ2) is 5.58. The number of rotatable bonds is 4. The van der Waals surface area contributed by atoms with Crippen molar-refractivity contribution in [3.63, 3.8) is 0 Å². The second-order valence-electron chi connectivity index (χ2n) is 4.71. The number of β-lactam (4-membered cyclic amide) rings is 1. The molecule has 7 nitrogen and oxygen atoms in total. The Balaban J connectivity index is 1.66. The summed E-state index contributed by atoms with van der Waals surface area (Å²) >= 11 is 2.60. The van der Waals surface area contributed by atoms with Gasteiger partial charge in [-0.05, 0) is 5.57 Å². The summed E-state index contributed by atoms with van der Waals surface area (Å²) < 4.78 is 0. The fourth-order valence-electron chi connectivity index (χ4n) is 2.16. The van der Waals surface area contributed by atoms with Crippen molar-refractivity contribution in [3.8, 4) is 0 Å². The Morgan fingerprint density at radius 1 is 1.55 bits per heavy atom. The average Bonchev–Trinajstić information content (AvgIpc) is 2.97. The van der Waals surface area contributed by atoms with E-state index in [1.807, 2.05) is 0 Å². The number of Topliss-reactive ketones (excluding diaryl/α,β-unsaturated/α-hetero) is 1. The molecular formula is C13H12N4O3S2. The van der Waals surface area contributed by atoms with Gasteiger partial charge in [0.25, 0.3) is 17.6 Å². The zero-order chi connectivity index (χ0) is 15.9. The van der Waals surface area contributed by atoms with Gasteiger partial charge in [0.1, 0.15) is 17.1 Å². The molecule has 9 heteroatoms. The zero-order valence-corrected chi connectivity index (χ0v) is 12.9. The van der Waals surface area contributed by atoms with Gasteiger partial charge in [-0.2, -0.15) is 0 Å². The standard InChI is InChI=1S/C13H12N4O3S2/c1-2-6-3-17-11(20)8(12(17)21-4-6)16-10(19)9(18)7-5-22-13(14)15-7/h2-3,5,8,12H,1,4H2,(H2,14,15)(H,16,19)/t8?,12-/m0/s1.